The minimum Gasteiger partial charge on any atom is -0.458 e. The zero-order valence-electron chi connectivity index (χ0n) is 18.1. The number of benzene rings is 3. The van der Waals surface area contributed by atoms with Gasteiger partial charge in [-0.2, -0.15) is 0 Å². The van der Waals surface area contributed by atoms with Gasteiger partial charge < -0.3 is 9.47 Å². The van der Waals surface area contributed by atoms with Gasteiger partial charge in [0.2, 0.25) is 0 Å². The van der Waals surface area contributed by atoms with E-state index in [2.05, 4.69) is 36.8 Å². The van der Waals surface area contributed by atoms with Crippen LogP contribution in [0, 0.1) is 29.5 Å². The predicted molar refractivity (Wildman–Crippen MR) is 127 cm³/mol. The Hall–Kier alpha value is -4.87. The molecule has 3 aromatic rings. The van der Waals surface area contributed by atoms with Crippen molar-refractivity contribution in [2.75, 3.05) is 0 Å². The molecule has 0 radical (unpaired) electrons. The number of halogens is 1. The summed E-state index contributed by atoms with van der Waals surface area (Å²) in [5.74, 6) is 10.1. The van der Waals surface area contributed by atoms with Crippen LogP contribution in [0.2, 0.25) is 0 Å². The molecule has 0 aliphatic rings. The zero-order chi connectivity index (χ0) is 24.3. The normalized spacial score (nSPS) is 9.44. The van der Waals surface area contributed by atoms with Gasteiger partial charge in [-0.15, -0.1) is 0 Å². The van der Waals surface area contributed by atoms with Crippen LogP contribution in [-0.4, -0.2) is 11.9 Å². The summed E-state index contributed by atoms with van der Waals surface area (Å²) < 4.78 is 24.9. The van der Waals surface area contributed by atoms with Crippen molar-refractivity contribution < 1.29 is 23.5 Å². The quantitative estimate of drug-likeness (QED) is 0.239. The lowest BCUT2D eigenvalue weighted by molar-refractivity contribution is -0.139. The summed E-state index contributed by atoms with van der Waals surface area (Å²) in [5.41, 5.74) is 2.43. The first-order valence-electron chi connectivity index (χ1n) is 10.1. The molecule has 34 heavy (non-hydrogen) atoms. The Morgan fingerprint density at radius 1 is 0.794 bits per heavy atom. The van der Waals surface area contributed by atoms with Crippen LogP contribution >= 0.6 is 0 Å². The maximum Gasteiger partial charge on any atom is 0.335 e. The molecule has 5 heteroatoms. The number of ether oxygens (including phenoxy) is 2. The van der Waals surface area contributed by atoms with E-state index in [-0.39, 0.29) is 12.2 Å². The molecule has 0 bridgehead atoms. The first-order valence-corrected chi connectivity index (χ1v) is 10.1. The van der Waals surface area contributed by atoms with Crippen LogP contribution in [0.15, 0.2) is 92.0 Å². The summed E-state index contributed by atoms with van der Waals surface area (Å²) in [4.78, 5) is 22.8. The van der Waals surface area contributed by atoms with Crippen LogP contribution in [0.3, 0.4) is 0 Å². The second kappa shape index (κ2) is 11.7. The minimum atomic E-state index is -0.594. The molecule has 0 spiro atoms. The predicted octanol–water partition coefficient (Wildman–Crippen LogP) is 4.95. The lowest BCUT2D eigenvalue weighted by atomic mass is 10.1. The van der Waals surface area contributed by atoms with Crippen molar-refractivity contribution in [1.82, 2.24) is 0 Å². The molecule has 0 unspecified atom stereocenters. The number of carbonyl (C=O) groups excluding carboxylic acids is 2. The van der Waals surface area contributed by atoms with E-state index < -0.39 is 17.8 Å². The molecule has 0 saturated heterocycles. The number of hydrogen-bond donors (Lipinski definition) is 0. The summed E-state index contributed by atoms with van der Waals surface area (Å²) in [6.45, 7) is 6.77. The molecular formula is C29H19FO4. The largest absolute Gasteiger partial charge is 0.458 e. The molecule has 0 aliphatic carbocycles. The van der Waals surface area contributed by atoms with Crippen LogP contribution < -0.4 is 4.74 Å². The van der Waals surface area contributed by atoms with E-state index in [0.29, 0.717) is 28.0 Å². The van der Waals surface area contributed by atoms with Crippen LogP contribution in [0.5, 0.6) is 5.75 Å². The third-order valence-corrected chi connectivity index (χ3v) is 4.46. The van der Waals surface area contributed by atoms with Crippen molar-refractivity contribution in [2.45, 2.75) is 6.61 Å². The second-order valence-electron chi connectivity index (χ2n) is 6.78. The SMILES string of the molecule is C=CC(=O)OCc1ccccc1C#Cc1ccc(C#Cc2ccccc2OC(=O)C=C)cc1F. The van der Waals surface area contributed by atoms with E-state index in [1.54, 1.807) is 54.6 Å². The van der Waals surface area contributed by atoms with Crippen molar-refractivity contribution in [3.05, 3.63) is 126 Å². The third-order valence-electron chi connectivity index (χ3n) is 4.46. The fourth-order valence-corrected chi connectivity index (χ4v) is 2.75. The Morgan fingerprint density at radius 3 is 2.18 bits per heavy atom. The van der Waals surface area contributed by atoms with E-state index in [1.165, 1.54) is 12.1 Å². The Kier molecular flexibility index (Phi) is 8.16. The highest BCUT2D eigenvalue weighted by Gasteiger charge is 2.05. The van der Waals surface area contributed by atoms with Crippen LogP contribution in [0.4, 0.5) is 4.39 Å². The van der Waals surface area contributed by atoms with E-state index in [9.17, 15) is 14.0 Å². The molecule has 166 valence electrons. The maximum absolute atomic E-state index is 14.6. The van der Waals surface area contributed by atoms with Crippen molar-refractivity contribution in [2.24, 2.45) is 0 Å². The molecule has 0 N–H and O–H groups in total. The van der Waals surface area contributed by atoms with Gasteiger partial charge >= 0.3 is 11.9 Å². The van der Waals surface area contributed by atoms with Crippen molar-refractivity contribution in [1.29, 1.82) is 0 Å². The fourth-order valence-electron chi connectivity index (χ4n) is 2.75. The summed E-state index contributed by atoms with van der Waals surface area (Å²) >= 11 is 0. The van der Waals surface area contributed by atoms with Gasteiger partial charge in [0.15, 0.2) is 0 Å². The molecule has 4 nitrogen and oxygen atoms in total. The Labute approximate surface area is 197 Å². The molecule has 0 aromatic heterocycles. The molecule has 0 amide bonds. The average molecular weight is 450 g/mol. The van der Waals surface area contributed by atoms with Crippen LogP contribution in [-0.2, 0) is 20.9 Å². The van der Waals surface area contributed by atoms with Gasteiger partial charge in [-0.05, 0) is 36.4 Å². The first kappa shape index (κ1) is 23.8. The highest BCUT2D eigenvalue weighted by Crippen LogP contribution is 2.18. The lowest BCUT2D eigenvalue weighted by Gasteiger charge is -2.04. The van der Waals surface area contributed by atoms with E-state index in [1.807, 2.05) is 0 Å². The summed E-state index contributed by atoms with van der Waals surface area (Å²) in [6.07, 6.45) is 2.14. The van der Waals surface area contributed by atoms with E-state index in [0.717, 1.165) is 12.2 Å². The number of hydrogen-bond acceptors (Lipinski definition) is 4. The minimum absolute atomic E-state index is 0.0380. The van der Waals surface area contributed by atoms with Crippen LogP contribution in [0.25, 0.3) is 0 Å². The van der Waals surface area contributed by atoms with Gasteiger partial charge in [-0.3, -0.25) is 0 Å². The van der Waals surface area contributed by atoms with Gasteiger partial charge in [0.05, 0.1) is 11.1 Å². The van der Waals surface area contributed by atoms with E-state index >= 15 is 0 Å². The molecule has 0 aliphatic heterocycles. The molecule has 0 heterocycles. The Morgan fingerprint density at radius 2 is 1.44 bits per heavy atom. The number of esters is 2. The lowest BCUT2D eigenvalue weighted by Crippen LogP contribution is -2.04. The Bertz CT molecular complexity index is 1380. The van der Waals surface area contributed by atoms with Gasteiger partial charge in [-0.1, -0.05) is 67.2 Å². The molecule has 3 rings (SSSR count). The smallest absolute Gasteiger partial charge is 0.335 e. The molecule has 0 fully saturated rings. The second-order valence-corrected chi connectivity index (χ2v) is 6.78. The van der Waals surface area contributed by atoms with Crippen molar-refractivity contribution in [3.8, 4) is 29.4 Å². The standard InChI is InChI=1S/C29H19FO4/c1-3-28(31)33-20-25-11-6-5-9-22(25)17-18-23-15-13-21(19-26(23)30)14-16-24-10-7-8-12-27(24)34-29(32)4-2/h3-13,15,19H,1-2,20H2. The van der Waals surface area contributed by atoms with E-state index in [4.69, 9.17) is 9.47 Å². The van der Waals surface area contributed by atoms with Crippen molar-refractivity contribution in [3.63, 3.8) is 0 Å². The van der Waals surface area contributed by atoms with Crippen LogP contribution in [0.1, 0.15) is 27.8 Å². The van der Waals surface area contributed by atoms with Crippen molar-refractivity contribution >= 4 is 11.9 Å². The van der Waals surface area contributed by atoms with Gasteiger partial charge in [-0.25, -0.2) is 14.0 Å². The fraction of sp³-hybridized carbons (Fsp3) is 0.0345. The summed E-state index contributed by atoms with van der Waals surface area (Å²) in [5, 5.41) is 0. The van der Waals surface area contributed by atoms with Gasteiger partial charge in [0, 0.05) is 28.8 Å². The molecule has 3 aromatic carbocycles. The zero-order valence-corrected chi connectivity index (χ0v) is 18.1. The summed E-state index contributed by atoms with van der Waals surface area (Å²) in [6, 6.07) is 18.4. The first-order chi connectivity index (χ1) is 16.5. The maximum atomic E-state index is 14.6. The average Bonchev–Trinajstić information content (AvgIpc) is 2.86. The Balaban J connectivity index is 1.80. The third kappa shape index (κ3) is 6.56. The highest BCUT2D eigenvalue weighted by atomic mass is 19.1. The number of para-hydroxylation sites is 1. The van der Waals surface area contributed by atoms with Gasteiger partial charge in [0.25, 0.3) is 0 Å². The van der Waals surface area contributed by atoms with Gasteiger partial charge in [0.1, 0.15) is 18.2 Å². The summed E-state index contributed by atoms with van der Waals surface area (Å²) in [7, 11) is 0. The topological polar surface area (TPSA) is 52.6 Å². The monoisotopic (exact) mass is 450 g/mol. The molecule has 0 saturated carbocycles. The molecular weight excluding hydrogens is 431 g/mol. The number of rotatable bonds is 5. The molecule has 0 atom stereocenters. The highest BCUT2D eigenvalue weighted by molar-refractivity contribution is 5.83. The number of carbonyl (C=O) groups is 2.